The third kappa shape index (κ3) is 3.90. The van der Waals surface area contributed by atoms with E-state index in [2.05, 4.69) is 36.5 Å². The number of benzene rings is 2. The van der Waals surface area contributed by atoms with Crippen molar-refractivity contribution in [3.05, 3.63) is 53.1 Å². The summed E-state index contributed by atoms with van der Waals surface area (Å²) >= 11 is 5.97. The van der Waals surface area contributed by atoms with Gasteiger partial charge in [0.1, 0.15) is 0 Å². The predicted octanol–water partition coefficient (Wildman–Crippen LogP) is 5.01. The van der Waals surface area contributed by atoms with Gasteiger partial charge < -0.3 is 11.1 Å². The lowest BCUT2D eigenvalue weighted by molar-refractivity contribution is 0.795. The van der Waals surface area contributed by atoms with Crippen LogP contribution in [0.25, 0.3) is 0 Å². The highest BCUT2D eigenvalue weighted by Gasteiger charge is 2.01. The fraction of sp³-hybridized carbons (Fsp3) is 0.250. The maximum absolute atomic E-state index is 5.97. The first-order valence-corrected chi connectivity index (χ1v) is 6.98. The Hall–Kier alpha value is -1.67. The van der Waals surface area contributed by atoms with Crippen LogP contribution in [0.3, 0.4) is 0 Å². The van der Waals surface area contributed by atoms with E-state index in [1.807, 2.05) is 6.07 Å². The lowest BCUT2D eigenvalue weighted by atomic mass is 10.1. The first-order chi connectivity index (χ1) is 9.19. The van der Waals surface area contributed by atoms with Crippen LogP contribution in [0.2, 0.25) is 5.02 Å². The second kappa shape index (κ2) is 6.48. The molecule has 19 heavy (non-hydrogen) atoms. The Morgan fingerprint density at radius 3 is 2.53 bits per heavy atom. The molecule has 0 aliphatic carbocycles. The van der Waals surface area contributed by atoms with Crippen molar-refractivity contribution in [1.29, 1.82) is 0 Å². The van der Waals surface area contributed by atoms with Crippen molar-refractivity contribution in [2.45, 2.75) is 26.2 Å². The molecule has 0 radical (unpaired) electrons. The maximum atomic E-state index is 5.97. The van der Waals surface area contributed by atoms with Crippen LogP contribution in [-0.4, -0.2) is 0 Å². The normalized spacial score (nSPS) is 10.4. The van der Waals surface area contributed by atoms with Gasteiger partial charge in [-0.15, -0.1) is 0 Å². The summed E-state index contributed by atoms with van der Waals surface area (Å²) in [7, 11) is 0. The fourth-order valence-electron chi connectivity index (χ4n) is 1.93. The molecule has 0 atom stereocenters. The molecule has 2 aromatic carbocycles. The molecule has 0 aliphatic rings. The molecule has 2 rings (SSSR count). The van der Waals surface area contributed by atoms with Gasteiger partial charge in [-0.3, -0.25) is 0 Å². The zero-order chi connectivity index (χ0) is 13.7. The first-order valence-electron chi connectivity index (χ1n) is 6.60. The standard InChI is InChI=1S/C16H19ClN2/c1-2-3-4-12-5-8-14(9-6-12)19-16-11-13(17)7-10-15(16)18/h5-11,19H,2-4,18H2,1H3. The molecule has 3 heteroatoms. The van der Waals surface area contributed by atoms with Crippen molar-refractivity contribution in [2.24, 2.45) is 0 Å². The summed E-state index contributed by atoms with van der Waals surface area (Å²) < 4.78 is 0. The van der Waals surface area contributed by atoms with E-state index in [0.29, 0.717) is 10.7 Å². The molecule has 0 amide bonds. The molecule has 0 heterocycles. The van der Waals surface area contributed by atoms with Crippen LogP contribution in [0.15, 0.2) is 42.5 Å². The second-order valence-electron chi connectivity index (χ2n) is 4.66. The minimum Gasteiger partial charge on any atom is -0.397 e. The first kappa shape index (κ1) is 13.8. The third-order valence-electron chi connectivity index (χ3n) is 3.07. The van der Waals surface area contributed by atoms with Gasteiger partial charge in [0.2, 0.25) is 0 Å². The summed E-state index contributed by atoms with van der Waals surface area (Å²) in [5, 5.41) is 3.96. The monoisotopic (exact) mass is 274 g/mol. The van der Waals surface area contributed by atoms with E-state index < -0.39 is 0 Å². The van der Waals surface area contributed by atoms with Gasteiger partial charge in [0.25, 0.3) is 0 Å². The molecular weight excluding hydrogens is 256 g/mol. The Kier molecular flexibility index (Phi) is 4.69. The molecule has 0 unspecified atom stereocenters. The van der Waals surface area contributed by atoms with E-state index in [-0.39, 0.29) is 0 Å². The van der Waals surface area contributed by atoms with Gasteiger partial charge in [-0.1, -0.05) is 37.1 Å². The van der Waals surface area contributed by atoms with E-state index in [0.717, 1.165) is 17.8 Å². The summed E-state index contributed by atoms with van der Waals surface area (Å²) in [6.45, 7) is 2.21. The summed E-state index contributed by atoms with van der Waals surface area (Å²) in [5.41, 5.74) is 9.84. The van der Waals surface area contributed by atoms with Crippen LogP contribution in [0.1, 0.15) is 25.3 Å². The quantitative estimate of drug-likeness (QED) is 0.752. The number of nitrogen functional groups attached to an aromatic ring is 1. The van der Waals surface area contributed by atoms with Crippen molar-refractivity contribution in [2.75, 3.05) is 11.1 Å². The number of unbranched alkanes of at least 4 members (excludes halogenated alkanes) is 1. The lowest BCUT2D eigenvalue weighted by Gasteiger charge is -2.10. The molecule has 0 aliphatic heterocycles. The average Bonchev–Trinajstić information content (AvgIpc) is 2.42. The predicted molar refractivity (Wildman–Crippen MR) is 84.2 cm³/mol. The molecular formula is C16H19ClN2. The van der Waals surface area contributed by atoms with E-state index in [4.69, 9.17) is 17.3 Å². The number of aryl methyl sites for hydroxylation is 1. The van der Waals surface area contributed by atoms with Crippen LogP contribution in [0, 0.1) is 0 Å². The molecule has 2 nitrogen and oxygen atoms in total. The van der Waals surface area contributed by atoms with E-state index in [1.165, 1.54) is 18.4 Å². The van der Waals surface area contributed by atoms with Gasteiger partial charge in [0, 0.05) is 10.7 Å². The largest absolute Gasteiger partial charge is 0.397 e. The molecule has 0 fully saturated rings. The Morgan fingerprint density at radius 2 is 1.84 bits per heavy atom. The Balaban J connectivity index is 2.08. The second-order valence-corrected chi connectivity index (χ2v) is 5.09. The van der Waals surface area contributed by atoms with Crippen LogP contribution in [-0.2, 0) is 6.42 Å². The number of halogens is 1. The van der Waals surface area contributed by atoms with Crippen LogP contribution in [0.4, 0.5) is 17.1 Å². The molecule has 0 saturated heterocycles. The third-order valence-corrected chi connectivity index (χ3v) is 3.30. The Morgan fingerprint density at radius 1 is 1.11 bits per heavy atom. The van der Waals surface area contributed by atoms with E-state index in [9.17, 15) is 0 Å². The Labute approximate surface area is 119 Å². The highest BCUT2D eigenvalue weighted by molar-refractivity contribution is 6.31. The molecule has 0 aromatic heterocycles. The van der Waals surface area contributed by atoms with Gasteiger partial charge in [0.15, 0.2) is 0 Å². The van der Waals surface area contributed by atoms with Crippen LogP contribution >= 0.6 is 11.6 Å². The van der Waals surface area contributed by atoms with Crippen molar-refractivity contribution in [1.82, 2.24) is 0 Å². The number of hydrogen-bond acceptors (Lipinski definition) is 2. The number of rotatable bonds is 5. The molecule has 3 N–H and O–H groups in total. The summed E-state index contributed by atoms with van der Waals surface area (Å²) in [6, 6.07) is 13.9. The van der Waals surface area contributed by atoms with Crippen molar-refractivity contribution in [3.8, 4) is 0 Å². The summed E-state index contributed by atoms with van der Waals surface area (Å²) in [5.74, 6) is 0. The summed E-state index contributed by atoms with van der Waals surface area (Å²) in [6.07, 6.45) is 3.59. The topological polar surface area (TPSA) is 38.0 Å². The van der Waals surface area contributed by atoms with E-state index in [1.54, 1.807) is 12.1 Å². The van der Waals surface area contributed by atoms with Crippen molar-refractivity contribution < 1.29 is 0 Å². The lowest BCUT2D eigenvalue weighted by Crippen LogP contribution is -1.96. The highest BCUT2D eigenvalue weighted by Crippen LogP contribution is 2.26. The highest BCUT2D eigenvalue weighted by atomic mass is 35.5. The molecule has 2 aromatic rings. The zero-order valence-electron chi connectivity index (χ0n) is 11.1. The average molecular weight is 275 g/mol. The van der Waals surface area contributed by atoms with Gasteiger partial charge in [0.05, 0.1) is 11.4 Å². The number of nitrogens with one attached hydrogen (secondary N) is 1. The minimum absolute atomic E-state index is 0.677. The molecule has 0 saturated carbocycles. The van der Waals surface area contributed by atoms with E-state index >= 15 is 0 Å². The van der Waals surface area contributed by atoms with Crippen LogP contribution in [0.5, 0.6) is 0 Å². The Bertz CT molecular complexity index is 535. The van der Waals surface area contributed by atoms with Crippen molar-refractivity contribution in [3.63, 3.8) is 0 Å². The van der Waals surface area contributed by atoms with Gasteiger partial charge in [-0.2, -0.15) is 0 Å². The van der Waals surface area contributed by atoms with Gasteiger partial charge in [-0.25, -0.2) is 0 Å². The van der Waals surface area contributed by atoms with Crippen molar-refractivity contribution >= 4 is 28.7 Å². The maximum Gasteiger partial charge on any atom is 0.0632 e. The minimum atomic E-state index is 0.677. The number of nitrogens with two attached hydrogens (primary N) is 1. The van der Waals surface area contributed by atoms with Gasteiger partial charge in [-0.05, 0) is 48.7 Å². The fourth-order valence-corrected chi connectivity index (χ4v) is 2.10. The number of anilines is 3. The smallest absolute Gasteiger partial charge is 0.0632 e. The SMILES string of the molecule is CCCCc1ccc(Nc2cc(Cl)ccc2N)cc1. The summed E-state index contributed by atoms with van der Waals surface area (Å²) in [4.78, 5) is 0. The molecule has 0 spiro atoms. The zero-order valence-corrected chi connectivity index (χ0v) is 11.9. The molecule has 0 bridgehead atoms. The van der Waals surface area contributed by atoms with Crippen LogP contribution < -0.4 is 11.1 Å². The van der Waals surface area contributed by atoms with Gasteiger partial charge >= 0.3 is 0 Å². The molecule has 100 valence electrons. The number of hydrogen-bond donors (Lipinski definition) is 2.